The van der Waals surface area contributed by atoms with Crippen molar-refractivity contribution >= 4 is 46.6 Å². The van der Waals surface area contributed by atoms with Crippen LogP contribution in [0.2, 0.25) is 0 Å². The number of furan rings is 1. The predicted octanol–water partition coefficient (Wildman–Crippen LogP) is 5.27. The summed E-state index contributed by atoms with van der Waals surface area (Å²) in [5, 5.41) is 25.6. The molecular formula is C30H26N4O7S. The third-order valence-corrected chi connectivity index (χ3v) is 7.10. The molecule has 4 N–H and O–H groups in total. The Labute approximate surface area is 245 Å². The van der Waals surface area contributed by atoms with E-state index < -0.39 is 24.0 Å². The highest BCUT2D eigenvalue weighted by Gasteiger charge is 2.43. The van der Waals surface area contributed by atoms with Gasteiger partial charge in [0.2, 0.25) is 5.91 Å². The van der Waals surface area contributed by atoms with Crippen molar-refractivity contribution in [3.05, 3.63) is 95.5 Å². The largest absolute Gasteiger partial charge is 0.494 e. The third-order valence-electron chi connectivity index (χ3n) is 6.79. The highest BCUT2D eigenvalue weighted by Crippen LogP contribution is 2.44. The normalized spacial score (nSPS) is 16.1. The van der Waals surface area contributed by atoms with Gasteiger partial charge in [0.1, 0.15) is 23.3 Å². The van der Waals surface area contributed by atoms with Crippen LogP contribution in [0.5, 0.6) is 5.75 Å². The first-order valence-electron chi connectivity index (χ1n) is 12.9. The maximum Gasteiger partial charge on any atom is 0.335 e. The number of ether oxygens (including phenoxy) is 1. The molecule has 0 unspecified atom stereocenters. The molecule has 1 aliphatic rings. The van der Waals surface area contributed by atoms with Gasteiger partial charge >= 0.3 is 11.9 Å². The van der Waals surface area contributed by atoms with Crippen molar-refractivity contribution in [1.29, 1.82) is 0 Å². The molecule has 4 aromatic rings. The van der Waals surface area contributed by atoms with E-state index in [1.165, 1.54) is 19.2 Å². The Kier molecular flexibility index (Phi) is 7.89. The number of aromatic carboxylic acids is 2. The first-order chi connectivity index (χ1) is 20.2. The zero-order chi connectivity index (χ0) is 30.0. The predicted molar refractivity (Wildman–Crippen MR) is 158 cm³/mol. The number of thiocarbonyl (C=S) groups is 1. The number of benzene rings is 2. The van der Waals surface area contributed by atoms with E-state index in [0.717, 1.165) is 6.07 Å². The van der Waals surface area contributed by atoms with Crippen molar-refractivity contribution in [3.8, 4) is 17.1 Å². The molecule has 3 heterocycles. The Balaban J connectivity index is 1.60. The van der Waals surface area contributed by atoms with Gasteiger partial charge in [-0.15, -0.1) is 0 Å². The van der Waals surface area contributed by atoms with Gasteiger partial charge in [0, 0.05) is 29.9 Å². The molecule has 2 aromatic heterocycles. The highest BCUT2D eigenvalue weighted by atomic mass is 32.1. The lowest BCUT2D eigenvalue weighted by molar-refractivity contribution is -0.115. The second-order valence-electron chi connectivity index (χ2n) is 9.39. The zero-order valence-electron chi connectivity index (χ0n) is 22.5. The molecule has 0 bridgehead atoms. The van der Waals surface area contributed by atoms with Gasteiger partial charge in [0.25, 0.3) is 0 Å². The van der Waals surface area contributed by atoms with Crippen LogP contribution in [-0.2, 0) is 4.79 Å². The maximum atomic E-state index is 12.0. The lowest BCUT2D eigenvalue weighted by Crippen LogP contribution is -2.29. The molecule has 12 heteroatoms. The molecule has 1 saturated heterocycles. The minimum Gasteiger partial charge on any atom is -0.494 e. The quantitative estimate of drug-likeness (QED) is 0.190. The summed E-state index contributed by atoms with van der Waals surface area (Å²) in [7, 11) is 1.50. The molecule has 5 rings (SSSR count). The Morgan fingerprint density at radius 3 is 2.40 bits per heavy atom. The second kappa shape index (κ2) is 11.7. The van der Waals surface area contributed by atoms with Gasteiger partial charge < -0.3 is 34.9 Å². The van der Waals surface area contributed by atoms with Crippen molar-refractivity contribution in [2.24, 2.45) is 0 Å². The number of aromatic nitrogens is 1. The number of anilines is 2. The molecule has 0 saturated carbocycles. The number of amides is 1. The number of nitrogens with zero attached hydrogens (tertiary/aromatic N) is 2. The van der Waals surface area contributed by atoms with E-state index >= 15 is 0 Å². The van der Waals surface area contributed by atoms with Crippen LogP contribution in [0, 0.1) is 0 Å². The zero-order valence-corrected chi connectivity index (χ0v) is 23.3. The van der Waals surface area contributed by atoms with Gasteiger partial charge in [-0.3, -0.25) is 9.78 Å². The number of methoxy groups -OCH3 is 1. The van der Waals surface area contributed by atoms with E-state index in [4.69, 9.17) is 21.4 Å². The SMILES string of the molecule is CCC(=O)Nc1ccc(N2C(=S)N[C@@H](c3ccccn3)[C@@H]2c2ccc(-c3cc(C(=O)O)cc(C(=O)O)c3)o2)cc1OC. The van der Waals surface area contributed by atoms with Crippen molar-refractivity contribution < 1.29 is 33.8 Å². The number of carbonyl (C=O) groups excluding carboxylic acids is 1. The molecule has 11 nitrogen and oxygen atoms in total. The molecule has 0 radical (unpaired) electrons. The van der Waals surface area contributed by atoms with E-state index in [9.17, 15) is 24.6 Å². The van der Waals surface area contributed by atoms with Crippen molar-refractivity contribution in [1.82, 2.24) is 10.3 Å². The number of nitrogens with one attached hydrogen (secondary N) is 2. The molecule has 1 amide bonds. The topological polar surface area (TPSA) is 154 Å². The number of rotatable bonds is 9. The summed E-state index contributed by atoms with van der Waals surface area (Å²) < 4.78 is 11.8. The van der Waals surface area contributed by atoms with Gasteiger partial charge in [0.15, 0.2) is 5.11 Å². The second-order valence-corrected chi connectivity index (χ2v) is 9.78. The van der Waals surface area contributed by atoms with Gasteiger partial charge in [-0.25, -0.2) is 9.59 Å². The summed E-state index contributed by atoms with van der Waals surface area (Å²) in [6.07, 6.45) is 1.98. The Morgan fingerprint density at radius 2 is 1.79 bits per heavy atom. The van der Waals surface area contributed by atoms with Crippen molar-refractivity contribution in [2.45, 2.75) is 25.4 Å². The lowest BCUT2D eigenvalue weighted by atomic mass is 10.0. The minimum atomic E-state index is -1.26. The summed E-state index contributed by atoms with van der Waals surface area (Å²) in [5.74, 6) is -1.50. The number of carboxylic acid groups (broad SMARTS) is 2. The average molecular weight is 587 g/mol. The third kappa shape index (κ3) is 5.52. The van der Waals surface area contributed by atoms with Crippen LogP contribution in [0.25, 0.3) is 11.3 Å². The Morgan fingerprint density at radius 1 is 1.05 bits per heavy atom. The molecule has 2 aromatic carbocycles. The highest BCUT2D eigenvalue weighted by molar-refractivity contribution is 7.80. The number of hydrogen-bond acceptors (Lipinski definition) is 7. The summed E-state index contributed by atoms with van der Waals surface area (Å²) >= 11 is 5.77. The first-order valence-corrected chi connectivity index (χ1v) is 13.3. The molecular weight excluding hydrogens is 560 g/mol. The summed E-state index contributed by atoms with van der Waals surface area (Å²) in [6.45, 7) is 1.75. The number of hydrogen-bond donors (Lipinski definition) is 4. The number of carboxylic acids is 2. The summed E-state index contributed by atoms with van der Waals surface area (Å²) in [6, 6.07) is 17.0. The standard InChI is InChI=1S/C30H26N4O7S/c1-3-25(35)32-20-8-7-19(15-24(20)40-2)34-27(26(33-30(34)42)21-6-4-5-11-31-21)23-10-9-22(41-23)16-12-17(28(36)37)14-18(13-16)29(38)39/h4-15,26-27H,3H2,1-2H3,(H,32,35)(H,33,42)(H,36,37)(H,38,39)/t26-,27-/m0/s1. The maximum absolute atomic E-state index is 12.0. The van der Waals surface area contributed by atoms with Crippen LogP contribution < -0.4 is 20.3 Å². The summed E-state index contributed by atoms with van der Waals surface area (Å²) in [4.78, 5) is 41.7. The molecule has 42 heavy (non-hydrogen) atoms. The van der Waals surface area contributed by atoms with Gasteiger partial charge in [-0.1, -0.05) is 13.0 Å². The molecule has 1 aliphatic heterocycles. The van der Waals surface area contributed by atoms with Gasteiger partial charge in [0.05, 0.1) is 35.7 Å². The summed E-state index contributed by atoms with van der Waals surface area (Å²) in [5.41, 5.74) is 1.80. The van der Waals surface area contributed by atoms with E-state index in [1.807, 2.05) is 17.0 Å². The molecule has 0 spiro atoms. The fourth-order valence-corrected chi connectivity index (χ4v) is 5.12. The van der Waals surface area contributed by atoms with Crippen LogP contribution in [-0.4, -0.2) is 45.3 Å². The lowest BCUT2D eigenvalue weighted by Gasteiger charge is -2.27. The fraction of sp³-hybridized carbons (Fsp3) is 0.167. The van der Waals surface area contributed by atoms with Crippen LogP contribution >= 0.6 is 12.2 Å². The van der Waals surface area contributed by atoms with E-state index in [0.29, 0.717) is 45.7 Å². The first kappa shape index (κ1) is 28.3. The van der Waals surface area contributed by atoms with Crippen LogP contribution in [0.15, 0.2) is 77.3 Å². The van der Waals surface area contributed by atoms with Crippen LogP contribution in [0.4, 0.5) is 11.4 Å². The number of carbonyl (C=O) groups is 3. The van der Waals surface area contributed by atoms with Crippen LogP contribution in [0.3, 0.4) is 0 Å². The van der Waals surface area contributed by atoms with E-state index in [1.54, 1.807) is 49.5 Å². The van der Waals surface area contributed by atoms with Gasteiger partial charge in [-0.05, 0) is 66.8 Å². The Hall–Kier alpha value is -5.23. The van der Waals surface area contributed by atoms with Crippen molar-refractivity contribution in [3.63, 3.8) is 0 Å². The Bertz CT molecular complexity index is 1660. The van der Waals surface area contributed by atoms with E-state index in [-0.39, 0.29) is 22.8 Å². The van der Waals surface area contributed by atoms with Crippen molar-refractivity contribution in [2.75, 3.05) is 17.3 Å². The molecule has 1 fully saturated rings. The van der Waals surface area contributed by atoms with E-state index in [2.05, 4.69) is 15.6 Å². The molecule has 2 atom stereocenters. The molecule has 0 aliphatic carbocycles. The average Bonchev–Trinajstić information content (AvgIpc) is 3.62. The fourth-order valence-electron chi connectivity index (χ4n) is 4.78. The number of pyridine rings is 1. The van der Waals surface area contributed by atoms with Crippen LogP contribution in [0.1, 0.15) is 57.6 Å². The minimum absolute atomic E-state index is 0.159. The molecule has 214 valence electrons. The smallest absolute Gasteiger partial charge is 0.335 e. The monoisotopic (exact) mass is 586 g/mol. The van der Waals surface area contributed by atoms with Gasteiger partial charge in [-0.2, -0.15) is 0 Å².